The SMILES string of the molecule is COc1ccc(C(=O)N(CCN(C)C)c2nc3c(Cl)cccc3s2)cc1OC.Cl. The molecule has 6 nitrogen and oxygen atoms in total. The zero-order chi connectivity index (χ0) is 20.3. The van der Waals surface area contributed by atoms with Gasteiger partial charge in [-0.25, -0.2) is 4.98 Å². The van der Waals surface area contributed by atoms with E-state index >= 15 is 0 Å². The Morgan fingerprint density at radius 2 is 1.83 bits per heavy atom. The minimum Gasteiger partial charge on any atom is -0.493 e. The summed E-state index contributed by atoms with van der Waals surface area (Å²) in [5.41, 5.74) is 1.21. The van der Waals surface area contributed by atoms with Crippen LogP contribution in [-0.2, 0) is 0 Å². The lowest BCUT2D eigenvalue weighted by Crippen LogP contribution is -2.36. The van der Waals surface area contributed by atoms with Crippen molar-refractivity contribution < 1.29 is 14.3 Å². The third-order valence-corrected chi connectivity index (χ3v) is 5.58. The summed E-state index contributed by atoms with van der Waals surface area (Å²) in [6.45, 7) is 1.19. The Balaban J connectivity index is 0.00000300. The fraction of sp³-hybridized carbons (Fsp3) is 0.300. The Morgan fingerprint density at radius 3 is 2.45 bits per heavy atom. The van der Waals surface area contributed by atoms with Crippen molar-refractivity contribution in [1.82, 2.24) is 9.88 Å². The van der Waals surface area contributed by atoms with Gasteiger partial charge in [0.15, 0.2) is 16.6 Å². The van der Waals surface area contributed by atoms with Crippen LogP contribution >= 0.6 is 35.3 Å². The topological polar surface area (TPSA) is 54.9 Å². The van der Waals surface area contributed by atoms with Crippen LogP contribution in [0.1, 0.15) is 10.4 Å². The molecule has 1 aromatic heterocycles. The van der Waals surface area contributed by atoms with Gasteiger partial charge in [0.1, 0.15) is 5.52 Å². The average molecular weight is 456 g/mol. The van der Waals surface area contributed by atoms with Crippen LogP contribution in [0.3, 0.4) is 0 Å². The molecule has 0 spiro atoms. The molecule has 9 heteroatoms. The van der Waals surface area contributed by atoms with E-state index in [1.54, 1.807) is 43.4 Å². The summed E-state index contributed by atoms with van der Waals surface area (Å²) in [7, 11) is 7.04. The van der Waals surface area contributed by atoms with Gasteiger partial charge in [0, 0.05) is 18.7 Å². The number of methoxy groups -OCH3 is 2. The highest BCUT2D eigenvalue weighted by molar-refractivity contribution is 7.22. The van der Waals surface area contributed by atoms with Crippen molar-refractivity contribution in [2.75, 3.05) is 46.3 Å². The number of hydrogen-bond donors (Lipinski definition) is 0. The third-order valence-electron chi connectivity index (χ3n) is 4.24. The molecule has 29 heavy (non-hydrogen) atoms. The molecule has 3 aromatic rings. The Hall–Kier alpha value is -2.06. The van der Waals surface area contributed by atoms with E-state index < -0.39 is 0 Å². The van der Waals surface area contributed by atoms with Crippen LogP contribution in [-0.4, -0.2) is 57.2 Å². The van der Waals surface area contributed by atoms with Gasteiger partial charge in [-0.05, 0) is 44.4 Å². The molecule has 0 unspecified atom stereocenters. The second-order valence-corrected chi connectivity index (χ2v) is 7.83. The molecule has 0 radical (unpaired) electrons. The van der Waals surface area contributed by atoms with Gasteiger partial charge in [-0.2, -0.15) is 0 Å². The molecule has 0 aliphatic carbocycles. The molecule has 156 valence electrons. The van der Waals surface area contributed by atoms with Crippen molar-refractivity contribution in [2.24, 2.45) is 0 Å². The van der Waals surface area contributed by atoms with Gasteiger partial charge in [-0.1, -0.05) is 29.0 Å². The predicted octanol–water partition coefficient (Wildman–Crippen LogP) is 4.60. The molecule has 0 saturated carbocycles. The van der Waals surface area contributed by atoms with E-state index in [9.17, 15) is 4.79 Å². The van der Waals surface area contributed by atoms with Crippen LogP contribution in [0.15, 0.2) is 36.4 Å². The highest BCUT2D eigenvalue weighted by Gasteiger charge is 2.23. The summed E-state index contributed by atoms with van der Waals surface area (Å²) in [5.74, 6) is 0.928. The number of hydrogen-bond acceptors (Lipinski definition) is 6. The van der Waals surface area contributed by atoms with E-state index in [0.717, 1.165) is 4.70 Å². The number of carbonyl (C=O) groups excluding carboxylic acids is 1. The quantitative estimate of drug-likeness (QED) is 0.520. The van der Waals surface area contributed by atoms with Crippen molar-refractivity contribution in [2.45, 2.75) is 0 Å². The number of benzene rings is 2. The van der Waals surface area contributed by atoms with Gasteiger partial charge >= 0.3 is 0 Å². The Labute approximate surface area is 185 Å². The maximum Gasteiger partial charge on any atom is 0.260 e. The normalized spacial score (nSPS) is 10.7. The number of carbonyl (C=O) groups is 1. The van der Waals surface area contributed by atoms with Crippen LogP contribution < -0.4 is 14.4 Å². The van der Waals surface area contributed by atoms with Gasteiger partial charge < -0.3 is 14.4 Å². The number of amides is 1. The van der Waals surface area contributed by atoms with Crippen LogP contribution in [0.5, 0.6) is 11.5 Å². The van der Waals surface area contributed by atoms with Gasteiger partial charge in [-0.3, -0.25) is 9.69 Å². The lowest BCUT2D eigenvalue weighted by atomic mass is 10.1. The molecule has 3 rings (SSSR count). The first-order chi connectivity index (χ1) is 13.4. The minimum atomic E-state index is -0.155. The highest BCUT2D eigenvalue weighted by atomic mass is 35.5. The predicted molar refractivity (Wildman–Crippen MR) is 122 cm³/mol. The molecular weight excluding hydrogens is 433 g/mol. The lowest BCUT2D eigenvalue weighted by Gasteiger charge is -2.22. The van der Waals surface area contributed by atoms with Crippen LogP contribution in [0.4, 0.5) is 5.13 Å². The summed E-state index contributed by atoms with van der Waals surface area (Å²) >= 11 is 7.72. The summed E-state index contributed by atoms with van der Waals surface area (Å²) in [6.07, 6.45) is 0. The molecule has 0 aliphatic heterocycles. The lowest BCUT2D eigenvalue weighted by molar-refractivity contribution is 0.0985. The first kappa shape index (κ1) is 23.2. The molecule has 0 bridgehead atoms. The summed E-state index contributed by atoms with van der Waals surface area (Å²) in [6, 6.07) is 10.8. The van der Waals surface area contributed by atoms with Gasteiger partial charge in [-0.15, -0.1) is 12.4 Å². The Morgan fingerprint density at radius 1 is 1.10 bits per heavy atom. The summed E-state index contributed by atoms with van der Waals surface area (Å²) < 4.78 is 11.5. The fourth-order valence-electron chi connectivity index (χ4n) is 2.73. The molecule has 0 aliphatic rings. The number of nitrogens with zero attached hydrogens (tertiary/aromatic N) is 3. The molecule has 0 saturated heterocycles. The van der Waals surface area contributed by atoms with E-state index in [0.29, 0.717) is 45.8 Å². The smallest absolute Gasteiger partial charge is 0.260 e. The largest absolute Gasteiger partial charge is 0.493 e. The number of aromatic nitrogens is 1. The van der Waals surface area contributed by atoms with Crippen molar-refractivity contribution >= 4 is 56.6 Å². The summed E-state index contributed by atoms with van der Waals surface area (Å²) in [4.78, 5) is 21.7. The van der Waals surface area contributed by atoms with Crippen molar-refractivity contribution in [1.29, 1.82) is 0 Å². The number of para-hydroxylation sites is 1. The second-order valence-electron chi connectivity index (χ2n) is 6.41. The van der Waals surface area contributed by atoms with Gasteiger partial charge in [0.05, 0.1) is 23.9 Å². The number of halogens is 2. The zero-order valence-corrected chi connectivity index (χ0v) is 19.0. The molecule has 1 amide bonds. The zero-order valence-electron chi connectivity index (χ0n) is 16.6. The van der Waals surface area contributed by atoms with Gasteiger partial charge in [0.2, 0.25) is 0 Å². The Kier molecular flexibility index (Phi) is 8.10. The standard InChI is InChI=1S/C20H22ClN3O3S.ClH/c1-23(2)10-11-24(20-22-18-14(21)6-5-7-17(18)28-20)19(25)13-8-9-15(26-3)16(12-13)27-4;/h5-9,12H,10-11H2,1-4H3;1H. The molecule has 0 N–H and O–H groups in total. The van der Waals surface area contributed by atoms with Crippen LogP contribution in [0.2, 0.25) is 5.02 Å². The molecular formula is C20H23Cl2N3O3S. The first-order valence-electron chi connectivity index (χ1n) is 8.68. The third kappa shape index (κ3) is 5.11. The minimum absolute atomic E-state index is 0. The van der Waals surface area contributed by atoms with Crippen LogP contribution in [0, 0.1) is 0 Å². The summed E-state index contributed by atoms with van der Waals surface area (Å²) in [5, 5.41) is 1.19. The highest BCUT2D eigenvalue weighted by Crippen LogP contribution is 2.34. The van der Waals surface area contributed by atoms with E-state index in [-0.39, 0.29) is 18.3 Å². The maximum absolute atomic E-state index is 13.3. The fourth-order valence-corrected chi connectivity index (χ4v) is 4.02. The first-order valence-corrected chi connectivity index (χ1v) is 9.87. The number of thiazole rings is 1. The van der Waals surface area contributed by atoms with E-state index in [1.807, 2.05) is 31.1 Å². The number of likely N-dealkylation sites (N-methyl/N-ethyl adjacent to an activating group) is 1. The van der Waals surface area contributed by atoms with Crippen molar-refractivity contribution in [3.05, 3.63) is 47.0 Å². The second kappa shape index (κ2) is 10.1. The molecule has 0 atom stereocenters. The van der Waals surface area contributed by atoms with Crippen LogP contribution in [0.25, 0.3) is 10.2 Å². The Bertz CT molecular complexity index is 994. The van der Waals surface area contributed by atoms with E-state index in [4.69, 9.17) is 21.1 Å². The molecule has 0 fully saturated rings. The van der Waals surface area contributed by atoms with Gasteiger partial charge in [0.25, 0.3) is 5.91 Å². The number of fused-ring (bicyclic) bond motifs is 1. The van der Waals surface area contributed by atoms with E-state index in [2.05, 4.69) is 4.98 Å². The van der Waals surface area contributed by atoms with Crippen molar-refractivity contribution in [3.8, 4) is 11.5 Å². The number of anilines is 1. The maximum atomic E-state index is 13.3. The van der Waals surface area contributed by atoms with Crippen molar-refractivity contribution in [3.63, 3.8) is 0 Å². The number of ether oxygens (including phenoxy) is 2. The monoisotopic (exact) mass is 455 g/mol. The molecule has 2 aromatic carbocycles. The number of rotatable bonds is 7. The molecule has 1 heterocycles. The average Bonchev–Trinajstić information content (AvgIpc) is 3.12. The van der Waals surface area contributed by atoms with E-state index in [1.165, 1.54) is 11.3 Å².